The average molecular weight is 365 g/mol. The maximum atomic E-state index is 12.9. The van der Waals surface area contributed by atoms with Gasteiger partial charge in [-0.2, -0.15) is 4.31 Å². The summed E-state index contributed by atoms with van der Waals surface area (Å²) in [5.41, 5.74) is 3.16. The lowest BCUT2D eigenvalue weighted by atomic mass is 10.1. The van der Waals surface area contributed by atoms with Crippen LogP contribution in [0.3, 0.4) is 0 Å². The van der Waals surface area contributed by atoms with Crippen LogP contribution in [0.5, 0.6) is 0 Å². The molecular weight excluding hydrogens is 346 g/mol. The number of hydrogen-bond acceptors (Lipinski definition) is 3. The standard InChI is InChI=1S/C21H19NO3S/c23-26(24,22-14-12-19-13-15-25-21(19)16-22)20-10-8-18(9-11-20)7-6-17-4-2-1-3-5-17/h1-11,13,15H,12,14,16H2/b7-6-. The molecule has 0 atom stereocenters. The van der Waals surface area contributed by atoms with Crippen molar-refractivity contribution in [2.45, 2.75) is 17.9 Å². The van der Waals surface area contributed by atoms with E-state index in [1.54, 1.807) is 18.4 Å². The van der Waals surface area contributed by atoms with Gasteiger partial charge in [0.2, 0.25) is 10.0 Å². The van der Waals surface area contributed by atoms with Crippen molar-refractivity contribution in [3.63, 3.8) is 0 Å². The van der Waals surface area contributed by atoms with Crippen molar-refractivity contribution in [3.8, 4) is 0 Å². The molecule has 0 bridgehead atoms. The van der Waals surface area contributed by atoms with Crippen LogP contribution in [-0.2, 0) is 23.0 Å². The highest BCUT2D eigenvalue weighted by Crippen LogP contribution is 2.25. The highest BCUT2D eigenvalue weighted by atomic mass is 32.2. The first-order valence-electron chi connectivity index (χ1n) is 8.51. The minimum absolute atomic E-state index is 0.292. The molecular formula is C21H19NO3S. The van der Waals surface area contributed by atoms with Crippen molar-refractivity contribution in [2.75, 3.05) is 6.54 Å². The van der Waals surface area contributed by atoms with Crippen LogP contribution in [0.25, 0.3) is 12.2 Å². The molecule has 0 N–H and O–H groups in total. The minimum Gasteiger partial charge on any atom is -0.468 e. The van der Waals surface area contributed by atoms with E-state index in [2.05, 4.69) is 0 Å². The highest BCUT2D eigenvalue weighted by Gasteiger charge is 2.29. The van der Waals surface area contributed by atoms with E-state index in [-0.39, 0.29) is 0 Å². The summed E-state index contributed by atoms with van der Waals surface area (Å²) in [6.45, 7) is 0.769. The van der Waals surface area contributed by atoms with Crippen LogP contribution >= 0.6 is 0 Å². The topological polar surface area (TPSA) is 50.5 Å². The molecule has 0 radical (unpaired) electrons. The lowest BCUT2D eigenvalue weighted by Gasteiger charge is -2.25. The summed E-state index contributed by atoms with van der Waals surface area (Å²) in [7, 11) is -3.52. The van der Waals surface area contributed by atoms with Crippen molar-refractivity contribution in [1.82, 2.24) is 4.31 Å². The molecule has 1 aliphatic heterocycles. The maximum absolute atomic E-state index is 12.9. The molecule has 2 heterocycles. The van der Waals surface area contributed by atoms with E-state index >= 15 is 0 Å². The summed E-state index contributed by atoms with van der Waals surface area (Å²) in [6, 6.07) is 18.9. The summed E-state index contributed by atoms with van der Waals surface area (Å²) in [5.74, 6) is 0.738. The largest absolute Gasteiger partial charge is 0.468 e. The Hall–Kier alpha value is -2.63. The van der Waals surface area contributed by atoms with Gasteiger partial charge in [-0.1, -0.05) is 54.6 Å². The average Bonchev–Trinajstić information content (AvgIpc) is 3.15. The Morgan fingerprint density at radius 2 is 1.58 bits per heavy atom. The molecule has 3 aromatic rings. The number of rotatable bonds is 4. The Bertz CT molecular complexity index is 1020. The lowest BCUT2D eigenvalue weighted by Crippen LogP contribution is -2.35. The monoisotopic (exact) mass is 365 g/mol. The third-order valence-electron chi connectivity index (χ3n) is 4.57. The predicted octanol–water partition coefficient (Wildman–Crippen LogP) is 4.20. The normalized spacial score (nSPS) is 15.2. The molecule has 4 rings (SSSR count). The Labute approximate surface area is 153 Å². The molecule has 1 aromatic heterocycles. The highest BCUT2D eigenvalue weighted by molar-refractivity contribution is 7.89. The second-order valence-corrected chi connectivity index (χ2v) is 8.21. The second kappa shape index (κ2) is 6.94. The van der Waals surface area contributed by atoms with Gasteiger partial charge in [-0.3, -0.25) is 0 Å². The van der Waals surface area contributed by atoms with Crippen LogP contribution < -0.4 is 0 Å². The summed E-state index contributed by atoms with van der Waals surface area (Å²) in [4.78, 5) is 0.310. The molecule has 5 heteroatoms. The third kappa shape index (κ3) is 3.36. The molecule has 1 aliphatic rings. The Kier molecular flexibility index (Phi) is 4.49. The molecule has 0 aliphatic carbocycles. The molecule has 2 aromatic carbocycles. The second-order valence-electron chi connectivity index (χ2n) is 6.27. The summed E-state index contributed by atoms with van der Waals surface area (Å²) < 4.78 is 32.6. The zero-order chi connectivity index (χ0) is 18.0. The van der Waals surface area contributed by atoms with Gasteiger partial charge >= 0.3 is 0 Å². The Morgan fingerprint density at radius 3 is 2.31 bits per heavy atom. The summed E-state index contributed by atoms with van der Waals surface area (Å²) in [6.07, 6.45) is 6.28. The molecule has 0 saturated heterocycles. The maximum Gasteiger partial charge on any atom is 0.243 e. The number of nitrogens with zero attached hydrogens (tertiary/aromatic N) is 1. The van der Waals surface area contributed by atoms with E-state index in [4.69, 9.17) is 4.42 Å². The van der Waals surface area contributed by atoms with E-state index in [0.29, 0.717) is 24.4 Å². The Morgan fingerprint density at radius 1 is 0.885 bits per heavy atom. The first kappa shape index (κ1) is 16.8. The van der Waals surface area contributed by atoms with Crippen LogP contribution in [0.2, 0.25) is 0 Å². The number of hydrogen-bond donors (Lipinski definition) is 0. The molecule has 4 nitrogen and oxygen atoms in total. The first-order chi connectivity index (χ1) is 12.6. The van der Waals surface area contributed by atoms with Crippen LogP contribution in [0.15, 0.2) is 76.2 Å². The molecule has 0 spiro atoms. The zero-order valence-corrected chi connectivity index (χ0v) is 15.0. The Balaban J connectivity index is 1.52. The van der Waals surface area contributed by atoms with Gasteiger partial charge in [-0.15, -0.1) is 0 Å². The smallest absolute Gasteiger partial charge is 0.243 e. The van der Waals surface area contributed by atoms with Crippen LogP contribution in [0.1, 0.15) is 22.5 Å². The molecule has 0 fully saturated rings. The van der Waals surface area contributed by atoms with Gasteiger partial charge in [-0.25, -0.2) is 8.42 Å². The minimum atomic E-state index is -3.52. The SMILES string of the molecule is O=S(=O)(c1ccc(/C=C\c2ccccc2)cc1)N1CCc2ccoc2C1. The number of sulfonamides is 1. The molecule has 0 unspecified atom stereocenters. The first-order valence-corrected chi connectivity index (χ1v) is 9.95. The van der Waals surface area contributed by atoms with Crippen molar-refractivity contribution in [2.24, 2.45) is 0 Å². The van der Waals surface area contributed by atoms with Crippen molar-refractivity contribution >= 4 is 22.2 Å². The molecule has 132 valence electrons. The summed E-state index contributed by atoms with van der Waals surface area (Å²) in [5, 5.41) is 0. The number of furan rings is 1. The van der Waals surface area contributed by atoms with Crippen molar-refractivity contribution in [3.05, 3.63) is 89.4 Å². The van der Waals surface area contributed by atoms with Crippen LogP contribution in [0.4, 0.5) is 0 Å². The van der Waals surface area contributed by atoms with Crippen molar-refractivity contribution in [1.29, 1.82) is 0 Å². The quantitative estimate of drug-likeness (QED) is 0.651. The van der Waals surface area contributed by atoms with E-state index in [1.165, 1.54) is 4.31 Å². The predicted molar refractivity (Wildman–Crippen MR) is 102 cm³/mol. The van der Waals surface area contributed by atoms with Gasteiger partial charge in [0.05, 0.1) is 17.7 Å². The van der Waals surface area contributed by atoms with Gasteiger partial charge in [0.1, 0.15) is 5.76 Å². The van der Waals surface area contributed by atoms with E-state index in [0.717, 1.165) is 22.5 Å². The lowest BCUT2D eigenvalue weighted by molar-refractivity contribution is 0.343. The van der Waals surface area contributed by atoms with Crippen LogP contribution in [-0.4, -0.2) is 19.3 Å². The fraction of sp³-hybridized carbons (Fsp3) is 0.143. The fourth-order valence-electron chi connectivity index (χ4n) is 3.07. The molecule has 0 saturated carbocycles. The third-order valence-corrected chi connectivity index (χ3v) is 6.43. The van der Waals surface area contributed by atoms with Crippen molar-refractivity contribution < 1.29 is 12.8 Å². The summed E-state index contributed by atoms with van der Waals surface area (Å²) >= 11 is 0. The van der Waals surface area contributed by atoms with Gasteiger partial charge in [0, 0.05) is 6.54 Å². The molecule has 0 amide bonds. The van der Waals surface area contributed by atoms with E-state index in [9.17, 15) is 8.42 Å². The number of fused-ring (bicyclic) bond motifs is 1. The van der Waals surface area contributed by atoms with Crippen LogP contribution in [0, 0.1) is 0 Å². The van der Waals surface area contributed by atoms with Gasteiger partial charge in [-0.05, 0) is 41.3 Å². The van der Waals surface area contributed by atoms with E-state index < -0.39 is 10.0 Å². The van der Waals surface area contributed by atoms with Gasteiger partial charge < -0.3 is 4.42 Å². The number of benzene rings is 2. The molecule has 26 heavy (non-hydrogen) atoms. The van der Waals surface area contributed by atoms with Gasteiger partial charge in [0.15, 0.2) is 0 Å². The fourth-order valence-corrected chi connectivity index (χ4v) is 4.47. The van der Waals surface area contributed by atoms with Gasteiger partial charge in [0.25, 0.3) is 0 Å². The zero-order valence-electron chi connectivity index (χ0n) is 14.2. The van der Waals surface area contributed by atoms with E-state index in [1.807, 2.05) is 60.7 Å².